The number of hydrogen-bond acceptors (Lipinski definition) is 5. The van der Waals surface area contributed by atoms with Crippen LogP contribution in [0.5, 0.6) is 0 Å². The Balaban J connectivity index is 2.16. The molecule has 0 saturated carbocycles. The number of ether oxygens (including phenoxy) is 1. The quantitative estimate of drug-likeness (QED) is 0.760. The maximum Gasteiger partial charge on any atom is 0.342 e. The van der Waals surface area contributed by atoms with Crippen LogP contribution in [-0.4, -0.2) is 23.1 Å². The maximum absolute atomic E-state index is 11.9. The van der Waals surface area contributed by atoms with Crippen molar-refractivity contribution in [2.75, 3.05) is 0 Å². The lowest BCUT2D eigenvalue weighted by atomic mass is 9.89. The highest BCUT2D eigenvalue weighted by atomic mass is 16.6. The Morgan fingerprint density at radius 2 is 2.18 bits per heavy atom. The number of fused-ring (bicyclic) bond motifs is 2. The fraction of sp³-hybridized carbons (Fsp3) is 0.500. The molecule has 3 rings (SSSR count). The monoisotopic (exact) mass is 236 g/mol. The molecule has 0 radical (unpaired) electrons. The van der Waals surface area contributed by atoms with Gasteiger partial charge < -0.3 is 14.3 Å². The second-order valence-corrected chi connectivity index (χ2v) is 4.41. The molecular formula is C12H12O5. The minimum atomic E-state index is -1.04. The summed E-state index contributed by atoms with van der Waals surface area (Å²) in [5, 5.41) is 9.85. The van der Waals surface area contributed by atoms with Gasteiger partial charge >= 0.3 is 5.63 Å². The van der Waals surface area contributed by atoms with Gasteiger partial charge in [0.05, 0.1) is 5.56 Å². The van der Waals surface area contributed by atoms with Gasteiger partial charge in [-0.15, -0.1) is 0 Å². The van der Waals surface area contributed by atoms with Crippen LogP contribution in [0.25, 0.3) is 0 Å². The molecule has 0 amide bonds. The molecule has 1 aromatic heterocycles. The lowest BCUT2D eigenvalue weighted by Crippen LogP contribution is -2.30. The molecule has 1 aliphatic carbocycles. The summed E-state index contributed by atoms with van der Waals surface area (Å²) in [6.07, 6.45) is -0.759. The first kappa shape index (κ1) is 10.7. The molecule has 1 aromatic rings. The summed E-state index contributed by atoms with van der Waals surface area (Å²) >= 11 is 0. The van der Waals surface area contributed by atoms with Gasteiger partial charge in [-0.3, -0.25) is 4.79 Å². The number of hydrogen-bond donors (Lipinski definition) is 1. The number of ketones is 1. The number of Topliss-reactive ketones (excluding diaryl/α,β-unsaturated/α-hetero) is 1. The van der Waals surface area contributed by atoms with Crippen LogP contribution in [0, 0.1) is 0 Å². The molecule has 0 unspecified atom stereocenters. The van der Waals surface area contributed by atoms with Crippen LogP contribution in [0.4, 0.5) is 0 Å². The van der Waals surface area contributed by atoms with Crippen molar-refractivity contribution in [2.45, 2.75) is 38.1 Å². The predicted octanol–water partition coefficient (Wildman–Crippen LogP) is 0.589. The van der Waals surface area contributed by atoms with Crippen LogP contribution < -0.4 is 5.63 Å². The molecule has 1 N–H and O–H groups in total. The summed E-state index contributed by atoms with van der Waals surface area (Å²) in [6.45, 7) is 1.95. The van der Waals surface area contributed by atoms with Crippen LogP contribution in [0.15, 0.2) is 15.3 Å². The van der Waals surface area contributed by atoms with E-state index in [1.807, 2.05) is 6.92 Å². The second-order valence-electron chi connectivity index (χ2n) is 4.41. The SMILES string of the molecule is CCCc1cc2c(c(=O)o1)[C@@H](O)[C@@H]1O[C@@H]1C2=O. The van der Waals surface area contributed by atoms with Gasteiger partial charge in [0, 0.05) is 12.0 Å². The molecule has 2 heterocycles. The molecule has 1 aliphatic heterocycles. The number of carbonyl (C=O) groups excluding carboxylic acids is 1. The number of aliphatic hydroxyl groups is 1. The smallest absolute Gasteiger partial charge is 0.342 e. The first-order valence-electron chi connectivity index (χ1n) is 5.68. The summed E-state index contributed by atoms with van der Waals surface area (Å²) in [5.41, 5.74) is -0.315. The summed E-state index contributed by atoms with van der Waals surface area (Å²) in [7, 11) is 0. The number of aryl methyl sites for hydroxylation is 1. The zero-order valence-electron chi connectivity index (χ0n) is 9.30. The highest BCUT2D eigenvalue weighted by molar-refractivity contribution is 6.04. The molecule has 5 heteroatoms. The van der Waals surface area contributed by atoms with Crippen molar-refractivity contribution in [3.8, 4) is 0 Å². The third-order valence-corrected chi connectivity index (χ3v) is 3.19. The van der Waals surface area contributed by atoms with Gasteiger partial charge in [-0.25, -0.2) is 4.79 Å². The van der Waals surface area contributed by atoms with Crippen LogP contribution in [0.3, 0.4) is 0 Å². The van der Waals surface area contributed by atoms with E-state index in [2.05, 4.69) is 0 Å². The van der Waals surface area contributed by atoms with E-state index in [9.17, 15) is 14.7 Å². The third kappa shape index (κ3) is 1.46. The molecular weight excluding hydrogens is 224 g/mol. The Morgan fingerprint density at radius 1 is 1.41 bits per heavy atom. The summed E-state index contributed by atoms with van der Waals surface area (Å²) in [4.78, 5) is 23.6. The van der Waals surface area contributed by atoms with Crippen LogP contribution in [-0.2, 0) is 11.2 Å². The molecule has 90 valence electrons. The van der Waals surface area contributed by atoms with E-state index < -0.39 is 23.9 Å². The minimum absolute atomic E-state index is 0.0496. The minimum Gasteiger partial charge on any atom is -0.428 e. The zero-order chi connectivity index (χ0) is 12.2. The highest BCUT2D eigenvalue weighted by Gasteiger charge is 2.56. The highest BCUT2D eigenvalue weighted by Crippen LogP contribution is 2.41. The number of aliphatic hydroxyl groups excluding tert-OH is 1. The van der Waals surface area contributed by atoms with Crippen molar-refractivity contribution >= 4 is 5.78 Å². The molecule has 0 aromatic carbocycles. The van der Waals surface area contributed by atoms with Gasteiger partial charge in [-0.1, -0.05) is 6.92 Å². The average Bonchev–Trinajstić information content (AvgIpc) is 3.06. The molecule has 5 nitrogen and oxygen atoms in total. The van der Waals surface area contributed by atoms with E-state index in [1.54, 1.807) is 6.07 Å². The summed E-state index contributed by atoms with van der Waals surface area (Å²) in [5.74, 6) is 0.261. The molecule has 0 spiro atoms. The first-order chi connectivity index (χ1) is 8.13. The summed E-state index contributed by atoms with van der Waals surface area (Å²) < 4.78 is 10.1. The Labute approximate surface area is 97.0 Å². The van der Waals surface area contributed by atoms with E-state index >= 15 is 0 Å². The second kappa shape index (κ2) is 3.51. The lowest BCUT2D eigenvalue weighted by Gasteiger charge is -2.15. The van der Waals surface area contributed by atoms with Crippen molar-refractivity contribution in [3.63, 3.8) is 0 Å². The third-order valence-electron chi connectivity index (χ3n) is 3.19. The number of rotatable bonds is 2. The number of carbonyl (C=O) groups is 1. The van der Waals surface area contributed by atoms with E-state index in [-0.39, 0.29) is 16.9 Å². The fourth-order valence-corrected chi connectivity index (χ4v) is 2.30. The van der Waals surface area contributed by atoms with Crippen molar-refractivity contribution in [1.82, 2.24) is 0 Å². The van der Waals surface area contributed by atoms with E-state index in [0.717, 1.165) is 6.42 Å². The Bertz CT molecular complexity index is 544. The Kier molecular flexibility index (Phi) is 2.21. The van der Waals surface area contributed by atoms with Crippen molar-refractivity contribution in [2.24, 2.45) is 0 Å². The van der Waals surface area contributed by atoms with Crippen LogP contribution >= 0.6 is 0 Å². The predicted molar refractivity (Wildman–Crippen MR) is 56.9 cm³/mol. The number of epoxide rings is 1. The zero-order valence-corrected chi connectivity index (χ0v) is 9.30. The van der Waals surface area contributed by atoms with E-state index in [1.165, 1.54) is 0 Å². The molecule has 0 bridgehead atoms. The summed E-state index contributed by atoms with van der Waals surface area (Å²) in [6, 6.07) is 1.56. The largest absolute Gasteiger partial charge is 0.428 e. The van der Waals surface area contributed by atoms with Crippen molar-refractivity contribution in [1.29, 1.82) is 0 Å². The maximum atomic E-state index is 11.9. The Morgan fingerprint density at radius 3 is 2.88 bits per heavy atom. The molecule has 2 aliphatic rings. The standard InChI is InChI=1S/C12H12O5/c1-2-3-5-4-6-7(12(15)16-5)9(14)11-10(17-11)8(6)13/h4,9-11,14H,2-3H2,1H3/t9-,10-,11+/m1/s1. The van der Waals surface area contributed by atoms with Crippen LogP contribution in [0.1, 0.15) is 41.1 Å². The van der Waals surface area contributed by atoms with Gasteiger partial charge in [0.1, 0.15) is 24.1 Å². The molecule has 1 saturated heterocycles. The van der Waals surface area contributed by atoms with Gasteiger partial charge in [-0.2, -0.15) is 0 Å². The fourth-order valence-electron chi connectivity index (χ4n) is 2.30. The molecule has 1 fully saturated rings. The molecule has 17 heavy (non-hydrogen) atoms. The first-order valence-corrected chi connectivity index (χ1v) is 5.68. The topological polar surface area (TPSA) is 80.0 Å². The van der Waals surface area contributed by atoms with Gasteiger partial charge in [0.15, 0.2) is 5.78 Å². The van der Waals surface area contributed by atoms with Crippen molar-refractivity contribution < 1.29 is 19.1 Å². The molecule has 3 atom stereocenters. The van der Waals surface area contributed by atoms with Crippen LogP contribution in [0.2, 0.25) is 0 Å². The average molecular weight is 236 g/mol. The lowest BCUT2D eigenvalue weighted by molar-refractivity contribution is 0.0936. The van der Waals surface area contributed by atoms with E-state index in [4.69, 9.17) is 9.15 Å². The van der Waals surface area contributed by atoms with Crippen molar-refractivity contribution in [3.05, 3.63) is 33.4 Å². The van der Waals surface area contributed by atoms with Gasteiger partial charge in [0.25, 0.3) is 0 Å². The van der Waals surface area contributed by atoms with E-state index in [0.29, 0.717) is 12.2 Å². The van der Waals surface area contributed by atoms with Gasteiger partial charge in [-0.05, 0) is 12.5 Å². The van der Waals surface area contributed by atoms with Gasteiger partial charge in [0.2, 0.25) is 0 Å². The normalized spacial score (nSPS) is 29.8. The Hall–Kier alpha value is -1.46.